The summed E-state index contributed by atoms with van der Waals surface area (Å²) in [7, 11) is 0. The van der Waals surface area contributed by atoms with E-state index in [0.29, 0.717) is 11.1 Å². The van der Waals surface area contributed by atoms with Gasteiger partial charge in [-0.1, -0.05) is 48.5 Å². The van der Waals surface area contributed by atoms with E-state index in [1.807, 2.05) is 24.3 Å². The van der Waals surface area contributed by atoms with Gasteiger partial charge in [0, 0.05) is 0 Å². The number of hydrogen-bond donors (Lipinski definition) is 0. The molecule has 3 nitrogen and oxygen atoms in total. The predicted octanol–water partition coefficient (Wildman–Crippen LogP) is 4.29. The lowest BCUT2D eigenvalue weighted by atomic mass is 10.0. The number of carbonyl (C=O) groups excluding carboxylic acids is 2. The fraction of sp³-hybridized carbons (Fsp3) is 0.0476. The van der Waals surface area contributed by atoms with E-state index in [-0.39, 0.29) is 24.2 Å². The van der Waals surface area contributed by atoms with Crippen molar-refractivity contribution in [1.82, 2.24) is 4.90 Å². The largest absolute Gasteiger partial charge is 0.270 e. The molecule has 0 atom stereocenters. The van der Waals surface area contributed by atoms with Crippen LogP contribution in [0.15, 0.2) is 72.8 Å². The van der Waals surface area contributed by atoms with E-state index in [2.05, 4.69) is 0 Å². The monoisotopic (exact) mass is 331 g/mol. The van der Waals surface area contributed by atoms with Gasteiger partial charge in [-0.25, -0.2) is 4.39 Å². The van der Waals surface area contributed by atoms with Crippen molar-refractivity contribution in [1.29, 1.82) is 0 Å². The number of fused-ring (bicyclic) bond motifs is 1. The number of hydrogen-bond acceptors (Lipinski definition) is 2. The molecular weight excluding hydrogens is 317 g/mol. The van der Waals surface area contributed by atoms with Gasteiger partial charge < -0.3 is 0 Å². The molecule has 4 rings (SSSR count). The Morgan fingerprint density at radius 1 is 0.680 bits per heavy atom. The van der Waals surface area contributed by atoms with E-state index in [0.717, 1.165) is 16.7 Å². The first-order chi connectivity index (χ1) is 12.1. The Hall–Kier alpha value is -3.27. The van der Waals surface area contributed by atoms with E-state index in [9.17, 15) is 14.0 Å². The Balaban J connectivity index is 1.55. The van der Waals surface area contributed by atoms with E-state index in [4.69, 9.17) is 0 Å². The summed E-state index contributed by atoms with van der Waals surface area (Å²) in [5, 5.41) is 0. The third-order valence-corrected chi connectivity index (χ3v) is 4.35. The minimum atomic E-state index is -0.272. The molecule has 0 bridgehead atoms. The van der Waals surface area contributed by atoms with E-state index < -0.39 is 0 Å². The van der Waals surface area contributed by atoms with Crippen molar-refractivity contribution in [2.75, 3.05) is 0 Å². The Labute approximate surface area is 144 Å². The summed E-state index contributed by atoms with van der Waals surface area (Å²) in [6.07, 6.45) is 0. The molecule has 1 aliphatic rings. The summed E-state index contributed by atoms with van der Waals surface area (Å²) < 4.78 is 13.0. The van der Waals surface area contributed by atoms with Crippen LogP contribution in [0.3, 0.4) is 0 Å². The standard InChI is InChI=1S/C21H14FNO2/c22-17-11-9-16(10-12-17)15-7-5-14(6-8-15)13-23-20(24)18-3-1-2-4-19(18)21(23)25/h1-12H,13H2. The molecule has 0 spiro atoms. The third kappa shape index (κ3) is 2.72. The van der Waals surface area contributed by atoms with Crippen molar-refractivity contribution in [3.05, 3.63) is 95.3 Å². The lowest BCUT2D eigenvalue weighted by Gasteiger charge is -2.14. The third-order valence-electron chi connectivity index (χ3n) is 4.35. The fourth-order valence-electron chi connectivity index (χ4n) is 3.01. The van der Waals surface area contributed by atoms with Crippen LogP contribution in [0.2, 0.25) is 0 Å². The van der Waals surface area contributed by atoms with Gasteiger partial charge in [-0.15, -0.1) is 0 Å². The Kier molecular flexibility index (Phi) is 3.65. The molecule has 0 N–H and O–H groups in total. The molecule has 2 amide bonds. The highest BCUT2D eigenvalue weighted by Crippen LogP contribution is 2.25. The molecule has 0 saturated heterocycles. The normalized spacial score (nSPS) is 13.2. The van der Waals surface area contributed by atoms with Crippen molar-refractivity contribution in [2.24, 2.45) is 0 Å². The van der Waals surface area contributed by atoms with Crippen LogP contribution in [0, 0.1) is 5.82 Å². The van der Waals surface area contributed by atoms with Crippen molar-refractivity contribution < 1.29 is 14.0 Å². The lowest BCUT2D eigenvalue weighted by molar-refractivity contribution is 0.0642. The second-order valence-corrected chi connectivity index (χ2v) is 5.95. The molecule has 25 heavy (non-hydrogen) atoms. The van der Waals surface area contributed by atoms with E-state index in [1.165, 1.54) is 17.0 Å². The zero-order chi connectivity index (χ0) is 17.4. The number of rotatable bonds is 3. The molecule has 4 heteroatoms. The van der Waals surface area contributed by atoms with Crippen molar-refractivity contribution in [3.8, 4) is 11.1 Å². The smallest absolute Gasteiger partial charge is 0.261 e. The summed E-state index contributed by atoms with van der Waals surface area (Å²) >= 11 is 0. The molecule has 0 radical (unpaired) electrons. The molecular formula is C21H14FNO2. The lowest BCUT2D eigenvalue weighted by Crippen LogP contribution is -2.29. The van der Waals surface area contributed by atoms with Gasteiger partial charge in [-0.05, 0) is 41.0 Å². The van der Waals surface area contributed by atoms with Gasteiger partial charge in [-0.3, -0.25) is 14.5 Å². The molecule has 0 aliphatic carbocycles. The summed E-state index contributed by atoms with van der Waals surface area (Å²) in [6, 6.07) is 20.7. The van der Waals surface area contributed by atoms with Gasteiger partial charge in [0.25, 0.3) is 11.8 Å². The number of nitrogens with zero attached hydrogens (tertiary/aromatic N) is 1. The Morgan fingerprint density at radius 3 is 1.68 bits per heavy atom. The number of benzene rings is 3. The highest BCUT2D eigenvalue weighted by Gasteiger charge is 2.34. The summed E-state index contributed by atoms with van der Waals surface area (Å²) in [6.45, 7) is 0.232. The summed E-state index contributed by atoms with van der Waals surface area (Å²) in [4.78, 5) is 26.1. The van der Waals surface area contributed by atoms with Gasteiger partial charge in [0.1, 0.15) is 5.82 Å². The summed E-state index contributed by atoms with van der Waals surface area (Å²) in [5.74, 6) is -0.794. The zero-order valence-electron chi connectivity index (χ0n) is 13.3. The van der Waals surface area contributed by atoms with Crippen LogP contribution in [0.5, 0.6) is 0 Å². The van der Waals surface area contributed by atoms with Crippen molar-refractivity contribution in [2.45, 2.75) is 6.54 Å². The predicted molar refractivity (Wildman–Crippen MR) is 92.5 cm³/mol. The van der Waals surface area contributed by atoms with Gasteiger partial charge in [0.2, 0.25) is 0 Å². The topological polar surface area (TPSA) is 37.4 Å². The highest BCUT2D eigenvalue weighted by atomic mass is 19.1. The van der Waals surface area contributed by atoms with Gasteiger partial charge in [0.15, 0.2) is 0 Å². The first-order valence-corrected chi connectivity index (χ1v) is 7.93. The van der Waals surface area contributed by atoms with Crippen molar-refractivity contribution >= 4 is 11.8 Å². The maximum atomic E-state index is 13.0. The van der Waals surface area contributed by atoms with Gasteiger partial charge in [-0.2, -0.15) is 0 Å². The summed E-state index contributed by atoms with van der Waals surface area (Å²) in [5.41, 5.74) is 3.63. The minimum Gasteiger partial charge on any atom is -0.270 e. The van der Waals surface area contributed by atoms with Gasteiger partial charge >= 0.3 is 0 Å². The SMILES string of the molecule is O=C1c2ccccc2C(=O)N1Cc1ccc(-c2ccc(F)cc2)cc1. The van der Waals surface area contributed by atoms with Crippen LogP contribution in [-0.2, 0) is 6.54 Å². The molecule has 0 fully saturated rings. The maximum absolute atomic E-state index is 13.0. The molecule has 1 aliphatic heterocycles. The van der Waals surface area contributed by atoms with Crippen molar-refractivity contribution in [3.63, 3.8) is 0 Å². The maximum Gasteiger partial charge on any atom is 0.261 e. The van der Waals surface area contributed by atoms with Crippen LogP contribution >= 0.6 is 0 Å². The highest BCUT2D eigenvalue weighted by molar-refractivity contribution is 6.21. The van der Waals surface area contributed by atoms with Crippen LogP contribution in [0.25, 0.3) is 11.1 Å². The quantitative estimate of drug-likeness (QED) is 0.672. The van der Waals surface area contributed by atoms with Gasteiger partial charge in [0.05, 0.1) is 17.7 Å². The second-order valence-electron chi connectivity index (χ2n) is 5.95. The van der Waals surface area contributed by atoms with Crippen LogP contribution in [0.4, 0.5) is 4.39 Å². The van der Waals surface area contributed by atoms with E-state index in [1.54, 1.807) is 36.4 Å². The number of carbonyl (C=O) groups is 2. The number of imide groups is 1. The van der Waals surface area contributed by atoms with Crippen LogP contribution < -0.4 is 0 Å². The number of amides is 2. The van der Waals surface area contributed by atoms with E-state index >= 15 is 0 Å². The zero-order valence-corrected chi connectivity index (χ0v) is 13.3. The molecule has 0 aromatic heterocycles. The Morgan fingerprint density at radius 2 is 1.16 bits per heavy atom. The average molecular weight is 331 g/mol. The average Bonchev–Trinajstić information content (AvgIpc) is 2.88. The number of halogens is 1. The molecule has 3 aromatic rings. The fourth-order valence-corrected chi connectivity index (χ4v) is 3.01. The van der Waals surface area contributed by atoms with Crippen LogP contribution in [0.1, 0.15) is 26.3 Å². The molecule has 122 valence electrons. The second kappa shape index (κ2) is 5.98. The molecule has 3 aromatic carbocycles. The first kappa shape index (κ1) is 15.3. The molecule has 0 saturated carbocycles. The first-order valence-electron chi connectivity index (χ1n) is 7.93. The van der Waals surface area contributed by atoms with Crippen LogP contribution in [-0.4, -0.2) is 16.7 Å². The molecule has 0 unspecified atom stereocenters. The minimum absolute atomic E-state index is 0.232. The molecule has 1 heterocycles. The Bertz CT molecular complexity index is 927.